The van der Waals surface area contributed by atoms with Gasteiger partial charge in [0.2, 0.25) is 5.91 Å². The molecule has 2 saturated heterocycles. The second-order valence-corrected chi connectivity index (χ2v) is 4.49. The van der Waals surface area contributed by atoms with Gasteiger partial charge in [-0.1, -0.05) is 6.08 Å². The molecule has 2 atom stereocenters. The maximum absolute atomic E-state index is 11.5. The van der Waals surface area contributed by atoms with Crippen LogP contribution < -0.4 is 10.6 Å². The fourth-order valence-corrected chi connectivity index (χ4v) is 2.29. The molecule has 2 rings (SSSR count). The van der Waals surface area contributed by atoms with Crippen LogP contribution in [0.4, 0.5) is 0 Å². The third-order valence-corrected chi connectivity index (χ3v) is 3.34. The molecule has 0 aromatic carbocycles. The summed E-state index contributed by atoms with van der Waals surface area (Å²) in [5, 5.41) is 5.96. The molecule has 0 unspecified atom stereocenters. The van der Waals surface area contributed by atoms with E-state index in [-0.39, 0.29) is 23.8 Å². The van der Waals surface area contributed by atoms with Crippen LogP contribution in [0.15, 0.2) is 11.6 Å². The number of hydrogen-bond donors (Lipinski definition) is 2. The van der Waals surface area contributed by atoms with E-state index < -0.39 is 0 Å². The molecule has 1 amide bonds. The lowest BCUT2D eigenvalue weighted by atomic mass is 9.96. The molecule has 2 N–H and O–H groups in total. The van der Waals surface area contributed by atoms with E-state index in [2.05, 4.69) is 10.6 Å². The fourth-order valence-electron chi connectivity index (χ4n) is 2.29. The first-order valence-corrected chi connectivity index (χ1v) is 6.03. The van der Waals surface area contributed by atoms with Gasteiger partial charge in [-0.15, -0.1) is 0 Å². The van der Waals surface area contributed by atoms with Gasteiger partial charge in [-0.2, -0.15) is 0 Å². The first-order chi connectivity index (χ1) is 8.20. The molecule has 0 saturated carbocycles. The van der Waals surface area contributed by atoms with Crippen LogP contribution in [0.2, 0.25) is 0 Å². The molecule has 2 heterocycles. The number of likely N-dealkylation sites (N-methyl/N-ethyl adjacent to an activating group) is 1. The van der Waals surface area contributed by atoms with Gasteiger partial charge in [-0.25, -0.2) is 4.79 Å². The summed E-state index contributed by atoms with van der Waals surface area (Å²) in [6.45, 7) is 1.24. The Morgan fingerprint density at radius 2 is 2.41 bits per heavy atom. The number of nitrogens with one attached hydrogen (secondary N) is 2. The van der Waals surface area contributed by atoms with Crippen molar-refractivity contribution in [3.8, 4) is 0 Å². The number of cyclic esters (lactones) is 1. The number of carbonyl (C=O) groups is 2. The molecule has 5 heteroatoms. The summed E-state index contributed by atoms with van der Waals surface area (Å²) in [4.78, 5) is 22.8. The molecule has 2 fully saturated rings. The highest BCUT2D eigenvalue weighted by Crippen LogP contribution is 2.19. The minimum Gasteiger partial charge on any atom is -0.462 e. The molecule has 0 spiro atoms. The highest BCUT2D eigenvalue weighted by molar-refractivity contribution is 5.90. The summed E-state index contributed by atoms with van der Waals surface area (Å²) in [5.74, 6) is -0.0412. The van der Waals surface area contributed by atoms with Gasteiger partial charge in [0.15, 0.2) is 0 Å². The average Bonchev–Trinajstić information content (AvgIpc) is 2.89. The molecular weight excluding hydrogens is 220 g/mol. The van der Waals surface area contributed by atoms with Crippen molar-refractivity contribution in [3.05, 3.63) is 11.6 Å². The molecule has 5 nitrogen and oxygen atoms in total. The second-order valence-electron chi connectivity index (χ2n) is 4.49. The van der Waals surface area contributed by atoms with E-state index in [0.717, 1.165) is 25.0 Å². The van der Waals surface area contributed by atoms with Gasteiger partial charge >= 0.3 is 5.97 Å². The number of amides is 1. The molecule has 2 aliphatic heterocycles. The Balaban J connectivity index is 1.96. The summed E-state index contributed by atoms with van der Waals surface area (Å²) >= 11 is 0. The Kier molecular flexibility index (Phi) is 3.78. The minimum absolute atomic E-state index is 0.0572. The molecule has 0 bridgehead atoms. The van der Waals surface area contributed by atoms with Gasteiger partial charge in [0, 0.05) is 30.5 Å². The SMILES string of the molecule is CN[C@H](/C=C1\CCOC1=O)C[C@@H]1CCNC1=O. The quantitative estimate of drug-likeness (QED) is 0.533. The summed E-state index contributed by atoms with van der Waals surface area (Å²) in [7, 11) is 1.84. The first-order valence-electron chi connectivity index (χ1n) is 6.03. The Bertz CT molecular complexity index is 352. The molecule has 0 radical (unpaired) electrons. The van der Waals surface area contributed by atoms with Crippen LogP contribution in [-0.4, -0.2) is 38.1 Å². The Hall–Kier alpha value is -1.36. The zero-order valence-electron chi connectivity index (χ0n) is 9.99. The number of ether oxygens (including phenoxy) is 1. The van der Waals surface area contributed by atoms with Crippen molar-refractivity contribution in [2.24, 2.45) is 5.92 Å². The van der Waals surface area contributed by atoms with E-state index in [4.69, 9.17) is 4.74 Å². The van der Waals surface area contributed by atoms with E-state index in [1.54, 1.807) is 0 Å². The lowest BCUT2D eigenvalue weighted by molar-refractivity contribution is -0.135. The van der Waals surface area contributed by atoms with Crippen LogP contribution in [0.25, 0.3) is 0 Å². The largest absolute Gasteiger partial charge is 0.462 e. The Morgan fingerprint density at radius 1 is 1.59 bits per heavy atom. The number of hydrogen-bond acceptors (Lipinski definition) is 4. The van der Waals surface area contributed by atoms with Gasteiger partial charge in [0.05, 0.1) is 6.61 Å². The van der Waals surface area contributed by atoms with Gasteiger partial charge in [0.25, 0.3) is 0 Å². The van der Waals surface area contributed by atoms with Crippen LogP contribution in [0.1, 0.15) is 19.3 Å². The zero-order valence-corrected chi connectivity index (χ0v) is 9.99. The van der Waals surface area contributed by atoms with Crippen molar-refractivity contribution in [2.45, 2.75) is 25.3 Å². The molecule has 17 heavy (non-hydrogen) atoms. The maximum Gasteiger partial charge on any atom is 0.333 e. The minimum atomic E-state index is -0.221. The molecule has 0 aliphatic carbocycles. The van der Waals surface area contributed by atoms with Crippen LogP contribution >= 0.6 is 0 Å². The van der Waals surface area contributed by atoms with Gasteiger partial charge in [-0.3, -0.25) is 4.79 Å². The maximum atomic E-state index is 11.5. The van der Waals surface area contributed by atoms with E-state index in [1.807, 2.05) is 13.1 Å². The van der Waals surface area contributed by atoms with Crippen molar-refractivity contribution in [2.75, 3.05) is 20.2 Å². The first kappa shape index (κ1) is 12.1. The standard InChI is InChI=1S/C12H18N2O3/c1-13-10(6-8-2-4-14-11(8)15)7-9-3-5-17-12(9)16/h7-8,10,13H,2-6H2,1H3,(H,14,15)/b9-7+/t8-,10-/m0/s1. The highest BCUT2D eigenvalue weighted by Gasteiger charge is 2.27. The number of carbonyl (C=O) groups excluding carboxylic acids is 2. The third kappa shape index (κ3) is 2.85. The summed E-state index contributed by atoms with van der Waals surface area (Å²) in [6.07, 6.45) is 4.19. The van der Waals surface area contributed by atoms with Gasteiger partial charge < -0.3 is 15.4 Å². The summed E-state index contributed by atoms with van der Waals surface area (Å²) < 4.78 is 4.89. The molecule has 94 valence electrons. The van der Waals surface area contributed by atoms with Crippen LogP contribution in [0.5, 0.6) is 0 Å². The van der Waals surface area contributed by atoms with Crippen molar-refractivity contribution in [3.63, 3.8) is 0 Å². The van der Waals surface area contributed by atoms with Crippen LogP contribution in [0, 0.1) is 5.92 Å². The van der Waals surface area contributed by atoms with E-state index >= 15 is 0 Å². The Labute approximate surface area is 101 Å². The van der Waals surface area contributed by atoms with Crippen LogP contribution in [0.3, 0.4) is 0 Å². The van der Waals surface area contributed by atoms with Crippen molar-refractivity contribution in [1.29, 1.82) is 0 Å². The molecule has 2 aliphatic rings. The average molecular weight is 238 g/mol. The van der Waals surface area contributed by atoms with E-state index in [0.29, 0.717) is 13.0 Å². The van der Waals surface area contributed by atoms with E-state index in [9.17, 15) is 9.59 Å². The second kappa shape index (κ2) is 5.31. The predicted octanol–water partition coefficient (Wildman–Crippen LogP) is -0.0261. The lowest BCUT2D eigenvalue weighted by Gasteiger charge is -2.15. The predicted molar refractivity (Wildman–Crippen MR) is 62.2 cm³/mol. The lowest BCUT2D eigenvalue weighted by Crippen LogP contribution is -2.29. The van der Waals surface area contributed by atoms with Crippen molar-refractivity contribution >= 4 is 11.9 Å². The monoisotopic (exact) mass is 238 g/mol. The van der Waals surface area contributed by atoms with Crippen LogP contribution in [-0.2, 0) is 14.3 Å². The summed E-state index contributed by atoms with van der Waals surface area (Å²) in [6, 6.07) is 0.0597. The summed E-state index contributed by atoms with van der Waals surface area (Å²) in [5.41, 5.74) is 0.725. The van der Waals surface area contributed by atoms with Crippen molar-refractivity contribution in [1.82, 2.24) is 10.6 Å². The number of rotatable bonds is 4. The molecule has 0 aromatic heterocycles. The third-order valence-electron chi connectivity index (χ3n) is 3.34. The highest BCUT2D eigenvalue weighted by atomic mass is 16.5. The van der Waals surface area contributed by atoms with Crippen molar-refractivity contribution < 1.29 is 14.3 Å². The number of esters is 1. The topological polar surface area (TPSA) is 67.4 Å². The Morgan fingerprint density at radius 3 is 2.94 bits per heavy atom. The molecular formula is C12H18N2O3. The molecule has 0 aromatic rings. The smallest absolute Gasteiger partial charge is 0.333 e. The normalized spacial score (nSPS) is 28.3. The van der Waals surface area contributed by atoms with E-state index in [1.165, 1.54) is 0 Å². The van der Waals surface area contributed by atoms with Gasteiger partial charge in [-0.05, 0) is 19.9 Å². The zero-order chi connectivity index (χ0) is 12.3. The fraction of sp³-hybridized carbons (Fsp3) is 0.667. The van der Waals surface area contributed by atoms with Gasteiger partial charge in [0.1, 0.15) is 0 Å².